The summed E-state index contributed by atoms with van der Waals surface area (Å²) in [7, 11) is -3.09. The molecule has 0 aliphatic rings. The number of halogens is 4. The Morgan fingerprint density at radius 1 is 1.03 bits per heavy atom. The van der Waals surface area contributed by atoms with Gasteiger partial charge in [0.1, 0.15) is 16.7 Å². The maximum absolute atomic E-state index is 13.4. The molecule has 0 saturated heterocycles. The summed E-state index contributed by atoms with van der Waals surface area (Å²) < 4.78 is 73.8. The van der Waals surface area contributed by atoms with Gasteiger partial charge in [-0.2, -0.15) is 17.9 Å². The summed E-state index contributed by atoms with van der Waals surface area (Å²) in [5, 5.41) is 2.32. The Balaban J connectivity index is 1.97. The van der Waals surface area contributed by atoms with E-state index in [9.17, 15) is 26.4 Å². The molecule has 0 aliphatic carbocycles. The number of hydrogen-bond acceptors (Lipinski definition) is 4. The van der Waals surface area contributed by atoms with Crippen LogP contribution >= 0.6 is 11.6 Å². The van der Waals surface area contributed by atoms with E-state index in [0.717, 1.165) is 18.2 Å². The first-order valence-corrected chi connectivity index (χ1v) is 11.7. The van der Waals surface area contributed by atoms with E-state index >= 15 is 0 Å². The molecule has 0 heterocycles. The van der Waals surface area contributed by atoms with Crippen LogP contribution in [0.15, 0.2) is 77.7 Å². The van der Waals surface area contributed by atoms with Gasteiger partial charge in [-0.25, -0.2) is 8.42 Å². The molecule has 6 nitrogen and oxygen atoms in total. The summed E-state index contributed by atoms with van der Waals surface area (Å²) in [6.45, 7) is 0. The van der Waals surface area contributed by atoms with Crippen LogP contribution < -0.4 is 14.8 Å². The van der Waals surface area contributed by atoms with Crippen molar-refractivity contribution in [3.8, 4) is 5.75 Å². The minimum Gasteiger partial charge on any atom is -0.495 e. The summed E-state index contributed by atoms with van der Waals surface area (Å²) in [5.41, 5.74) is -0.953. The smallest absolute Gasteiger partial charge is 0.418 e. The number of carbonyl (C=O) groups excluding carboxylic acids is 1. The van der Waals surface area contributed by atoms with Crippen LogP contribution in [0.2, 0.25) is 5.02 Å². The van der Waals surface area contributed by atoms with Gasteiger partial charge in [0.15, 0.2) is 0 Å². The molecule has 34 heavy (non-hydrogen) atoms. The van der Waals surface area contributed by atoms with Crippen molar-refractivity contribution in [2.24, 2.45) is 0 Å². The highest BCUT2D eigenvalue weighted by Gasteiger charge is 2.35. The van der Waals surface area contributed by atoms with Crippen molar-refractivity contribution < 1.29 is 31.1 Å². The molecule has 3 aromatic rings. The van der Waals surface area contributed by atoms with Crippen molar-refractivity contribution in [1.29, 1.82) is 0 Å². The standard InChI is InChI=1S/C23H20ClF3N2O4S/c1-33-20-12-11-16(24)14-21(20)34(31,32)29-19(13-15-7-3-2-4-8-15)22(30)28-18-10-6-5-9-17(18)23(25,26)27/h2-12,14,19,29H,13H2,1H3,(H,28,30). The predicted octanol–water partition coefficient (Wildman–Crippen LogP) is 4.90. The van der Waals surface area contributed by atoms with Crippen LogP contribution in [-0.4, -0.2) is 27.5 Å². The third-order valence-electron chi connectivity index (χ3n) is 4.80. The van der Waals surface area contributed by atoms with Crippen molar-refractivity contribution in [2.45, 2.75) is 23.5 Å². The molecule has 0 aliphatic heterocycles. The average Bonchev–Trinajstić information content (AvgIpc) is 2.79. The first kappa shape index (κ1) is 25.5. The van der Waals surface area contributed by atoms with E-state index in [1.807, 2.05) is 0 Å². The zero-order valence-corrected chi connectivity index (χ0v) is 19.3. The lowest BCUT2D eigenvalue weighted by atomic mass is 10.1. The number of rotatable bonds is 8. The Morgan fingerprint density at radius 2 is 1.68 bits per heavy atom. The fraction of sp³-hybridized carbons (Fsp3) is 0.174. The van der Waals surface area contributed by atoms with Crippen molar-refractivity contribution in [3.05, 3.63) is 88.9 Å². The van der Waals surface area contributed by atoms with E-state index in [2.05, 4.69) is 10.0 Å². The van der Waals surface area contributed by atoms with Gasteiger partial charge in [0.2, 0.25) is 15.9 Å². The molecular weight excluding hydrogens is 493 g/mol. The zero-order valence-electron chi connectivity index (χ0n) is 17.8. The molecule has 0 fully saturated rings. The van der Waals surface area contributed by atoms with E-state index in [4.69, 9.17) is 16.3 Å². The number of anilines is 1. The van der Waals surface area contributed by atoms with E-state index in [1.165, 1.54) is 31.4 Å². The summed E-state index contributed by atoms with van der Waals surface area (Å²) >= 11 is 5.94. The SMILES string of the molecule is COc1ccc(Cl)cc1S(=O)(=O)NC(Cc1ccccc1)C(=O)Nc1ccccc1C(F)(F)F. The van der Waals surface area contributed by atoms with Gasteiger partial charge < -0.3 is 10.1 Å². The molecule has 1 amide bonds. The van der Waals surface area contributed by atoms with Gasteiger partial charge in [-0.3, -0.25) is 4.79 Å². The van der Waals surface area contributed by atoms with E-state index in [1.54, 1.807) is 30.3 Å². The number of benzene rings is 3. The van der Waals surface area contributed by atoms with Gasteiger partial charge in [-0.1, -0.05) is 54.1 Å². The quantitative estimate of drug-likeness (QED) is 0.450. The number of sulfonamides is 1. The lowest BCUT2D eigenvalue weighted by Crippen LogP contribution is -2.45. The third-order valence-corrected chi connectivity index (χ3v) is 6.53. The summed E-state index contributed by atoms with van der Waals surface area (Å²) in [5.74, 6) is -0.983. The van der Waals surface area contributed by atoms with Crippen LogP contribution in [0.4, 0.5) is 18.9 Å². The van der Waals surface area contributed by atoms with Gasteiger partial charge in [0, 0.05) is 5.02 Å². The topological polar surface area (TPSA) is 84.5 Å². The molecule has 0 aromatic heterocycles. The molecule has 3 aromatic carbocycles. The zero-order chi connectivity index (χ0) is 24.9. The first-order valence-electron chi connectivity index (χ1n) is 9.88. The van der Waals surface area contributed by atoms with Crippen LogP contribution in [0.3, 0.4) is 0 Å². The monoisotopic (exact) mass is 512 g/mol. The number of carbonyl (C=O) groups is 1. The second-order valence-corrected chi connectivity index (χ2v) is 9.31. The molecule has 11 heteroatoms. The number of nitrogens with one attached hydrogen (secondary N) is 2. The normalized spacial score (nSPS) is 12.7. The molecule has 1 unspecified atom stereocenters. The summed E-state index contributed by atoms with van der Waals surface area (Å²) in [4.78, 5) is 12.7. The van der Waals surface area contributed by atoms with E-state index in [-0.39, 0.29) is 22.1 Å². The van der Waals surface area contributed by atoms with Gasteiger partial charge in [-0.05, 0) is 42.3 Å². The van der Waals surface area contributed by atoms with Crippen LogP contribution in [0.5, 0.6) is 5.75 Å². The molecule has 180 valence electrons. The first-order chi connectivity index (χ1) is 16.0. The summed E-state index contributed by atoms with van der Waals surface area (Å²) in [6, 6.07) is 15.4. The molecule has 3 rings (SSSR count). The second-order valence-electron chi connectivity index (χ2n) is 7.19. The highest BCUT2D eigenvalue weighted by atomic mass is 35.5. The molecule has 0 saturated carbocycles. The highest BCUT2D eigenvalue weighted by molar-refractivity contribution is 7.89. The Morgan fingerprint density at radius 3 is 2.32 bits per heavy atom. The lowest BCUT2D eigenvalue weighted by Gasteiger charge is -2.21. The van der Waals surface area contributed by atoms with Crippen molar-refractivity contribution in [2.75, 3.05) is 12.4 Å². The van der Waals surface area contributed by atoms with Crippen LogP contribution in [0.25, 0.3) is 0 Å². The Kier molecular flexibility index (Phi) is 7.86. The molecule has 0 radical (unpaired) electrons. The minimum atomic E-state index is -4.72. The van der Waals surface area contributed by atoms with Crippen molar-refractivity contribution in [1.82, 2.24) is 4.72 Å². The number of amides is 1. The van der Waals surface area contributed by atoms with Crippen LogP contribution in [0, 0.1) is 0 Å². The Labute approximate surface area is 199 Å². The second kappa shape index (κ2) is 10.5. The van der Waals surface area contributed by atoms with Gasteiger partial charge >= 0.3 is 6.18 Å². The van der Waals surface area contributed by atoms with Gasteiger partial charge in [0.05, 0.1) is 18.4 Å². The summed E-state index contributed by atoms with van der Waals surface area (Å²) in [6.07, 6.45) is -4.84. The highest BCUT2D eigenvalue weighted by Crippen LogP contribution is 2.34. The number of ether oxygens (including phenoxy) is 1. The van der Waals surface area contributed by atoms with Gasteiger partial charge in [-0.15, -0.1) is 0 Å². The number of alkyl halides is 3. The molecule has 2 N–H and O–H groups in total. The average molecular weight is 513 g/mol. The lowest BCUT2D eigenvalue weighted by molar-refractivity contribution is -0.137. The van der Waals surface area contributed by atoms with Gasteiger partial charge in [0.25, 0.3) is 0 Å². The number of para-hydroxylation sites is 1. The maximum atomic E-state index is 13.4. The molecular formula is C23H20ClF3N2O4S. The fourth-order valence-corrected chi connectivity index (χ4v) is 4.84. The van der Waals surface area contributed by atoms with Crippen molar-refractivity contribution >= 4 is 33.2 Å². The number of hydrogen-bond donors (Lipinski definition) is 2. The molecule has 0 spiro atoms. The van der Waals surface area contributed by atoms with Crippen LogP contribution in [0.1, 0.15) is 11.1 Å². The number of methoxy groups -OCH3 is 1. The third kappa shape index (κ3) is 6.28. The Bertz CT molecular complexity index is 1270. The van der Waals surface area contributed by atoms with E-state index < -0.39 is 39.4 Å². The fourth-order valence-electron chi connectivity index (χ4n) is 3.21. The van der Waals surface area contributed by atoms with Crippen molar-refractivity contribution in [3.63, 3.8) is 0 Å². The Hall–Kier alpha value is -3.08. The molecule has 1 atom stereocenters. The van der Waals surface area contributed by atoms with Crippen LogP contribution in [-0.2, 0) is 27.4 Å². The predicted molar refractivity (Wildman–Crippen MR) is 122 cm³/mol. The van der Waals surface area contributed by atoms with E-state index in [0.29, 0.717) is 5.56 Å². The minimum absolute atomic E-state index is 0.0156. The largest absolute Gasteiger partial charge is 0.495 e. The maximum Gasteiger partial charge on any atom is 0.418 e. The molecule has 0 bridgehead atoms.